The molecule has 0 aliphatic heterocycles. The number of fused-ring (bicyclic) bond motifs is 1. The van der Waals surface area contributed by atoms with Crippen LogP contribution in [0.25, 0.3) is 0 Å². The van der Waals surface area contributed by atoms with Crippen LogP contribution in [0.5, 0.6) is 11.5 Å². The van der Waals surface area contributed by atoms with E-state index >= 15 is 0 Å². The number of ether oxygens (including phenoxy) is 1. The molecule has 1 aliphatic carbocycles. The molecule has 0 amide bonds. The van der Waals surface area contributed by atoms with Crippen molar-refractivity contribution in [2.75, 3.05) is 0 Å². The van der Waals surface area contributed by atoms with E-state index in [-0.39, 0.29) is 0 Å². The molecule has 0 heterocycles. The third-order valence-electron chi connectivity index (χ3n) is 6.98. The summed E-state index contributed by atoms with van der Waals surface area (Å²) in [5.74, 6) is 2.15. The van der Waals surface area contributed by atoms with Crippen LogP contribution < -0.4 is 4.74 Å². The Balaban J connectivity index is 1.39. The second kappa shape index (κ2) is 13.3. The van der Waals surface area contributed by atoms with Crippen LogP contribution >= 0.6 is 0 Å². The van der Waals surface area contributed by atoms with Crippen LogP contribution in [0.4, 0.5) is 0 Å². The van der Waals surface area contributed by atoms with Crippen molar-refractivity contribution in [1.82, 2.24) is 0 Å². The lowest BCUT2D eigenvalue weighted by Crippen LogP contribution is -2.06. The van der Waals surface area contributed by atoms with E-state index in [4.69, 9.17) is 9.73 Å². The highest BCUT2D eigenvalue weighted by Crippen LogP contribution is 2.36. The smallest absolute Gasteiger partial charge is 0.127 e. The van der Waals surface area contributed by atoms with Gasteiger partial charge >= 0.3 is 0 Å². The van der Waals surface area contributed by atoms with Crippen LogP contribution in [0.15, 0.2) is 137 Å². The van der Waals surface area contributed by atoms with Crippen molar-refractivity contribution >= 4 is 12.4 Å². The largest absolute Gasteiger partial charge is 0.457 e. The van der Waals surface area contributed by atoms with Gasteiger partial charge in [0.25, 0.3) is 0 Å². The molecular formula is C35H36N2O. The Kier molecular flexibility index (Phi) is 9.42. The maximum atomic E-state index is 6.05. The Bertz CT molecular complexity index is 1360. The number of nitrogens with zero attached hydrogens (tertiary/aromatic N) is 2. The number of benzene rings is 3. The average molecular weight is 501 g/mol. The first-order valence-electron chi connectivity index (χ1n) is 13.2. The number of rotatable bonds is 12. The Hall–Kier alpha value is -4.24. The summed E-state index contributed by atoms with van der Waals surface area (Å²) >= 11 is 0. The van der Waals surface area contributed by atoms with Crippen LogP contribution in [0.2, 0.25) is 0 Å². The maximum absolute atomic E-state index is 6.05. The Morgan fingerprint density at radius 3 is 2.32 bits per heavy atom. The normalized spacial score (nSPS) is 15.6. The molecule has 0 fully saturated rings. The molecule has 3 aromatic rings. The van der Waals surface area contributed by atoms with E-state index in [0.717, 1.165) is 60.6 Å². The zero-order chi connectivity index (χ0) is 26.7. The molecule has 0 N–H and O–H groups in total. The van der Waals surface area contributed by atoms with Crippen LogP contribution in [0.3, 0.4) is 0 Å². The van der Waals surface area contributed by atoms with Crippen molar-refractivity contribution in [2.45, 2.75) is 39.0 Å². The van der Waals surface area contributed by atoms with Crippen molar-refractivity contribution in [3.8, 4) is 11.5 Å². The number of hydrogen-bond donors (Lipinski definition) is 0. The van der Waals surface area contributed by atoms with Gasteiger partial charge in [0.2, 0.25) is 0 Å². The summed E-state index contributed by atoms with van der Waals surface area (Å²) in [5, 5.41) is 0. The first-order chi connectivity index (χ1) is 18.6. The minimum atomic E-state index is 0.420. The summed E-state index contributed by atoms with van der Waals surface area (Å²) in [5.41, 5.74) is 8.07. The van der Waals surface area contributed by atoms with E-state index in [0.29, 0.717) is 5.92 Å². The van der Waals surface area contributed by atoms with Crippen LogP contribution in [-0.4, -0.2) is 12.4 Å². The lowest BCUT2D eigenvalue weighted by molar-refractivity contribution is 0.482. The topological polar surface area (TPSA) is 34.0 Å². The van der Waals surface area contributed by atoms with Gasteiger partial charge in [-0.1, -0.05) is 79.4 Å². The fourth-order valence-corrected chi connectivity index (χ4v) is 4.85. The lowest BCUT2D eigenvalue weighted by atomic mass is 9.91. The number of para-hydroxylation sites is 1. The molecule has 192 valence electrons. The average Bonchev–Trinajstić information content (AvgIpc) is 3.38. The summed E-state index contributed by atoms with van der Waals surface area (Å²) in [6.07, 6.45) is 10.1. The molecule has 0 radical (unpaired) electrons. The fraction of sp³-hybridized carbons (Fsp3) is 0.200. The van der Waals surface area contributed by atoms with E-state index < -0.39 is 0 Å². The van der Waals surface area contributed by atoms with Crippen molar-refractivity contribution in [1.29, 1.82) is 0 Å². The van der Waals surface area contributed by atoms with Gasteiger partial charge in [-0.25, -0.2) is 0 Å². The van der Waals surface area contributed by atoms with Gasteiger partial charge in [-0.3, -0.25) is 9.98 Å². The molecule has 0 bridgehead atoms. The molecule has 0 saturated carbocycles. The van der Waals surface area contributed by atoms with Gasteiger partial charge in [0.05, 0.1) is 5.71 Å². The van der Waals surface area contributed by atoms with Crippen molar-refractivity contribution < 1.29 is 4.74 Å². The predicted octanol–water partition coefficient (Wildman–Crippen LogP) is 8.89. The molecule has 3 nitrogen and oxygen atoms in total. The van der Waals surface area contributed by atoms with Gasteiger partial charge in [-0.15, -0.1) is 0 Å². The minimum Gasteiger partial charge on any atom is -0.457 e. The summed E-state index contributed by atoms with van der Waals surface area (Å²) in [6.45, 7) is 14.2. The Morgan fingerprint density at radius 2 is 1.63 bits per heavy atom. The SMILES string of the molecule is C=CC(=N/C(=C\C)Cc1ccccc1)/C(=C/N=C)CCC(=C)C1Cc2ccc(Oc3ccccc3)cc2C1. The van der Waals surface area contributed by atoms with Crippen molar-refractivity contribution in [3.05, 3.63) is 144 Å². The second-order valence-corrected chi connectivity index (χ2v) is 9.59. The lowest BCUT2D eigenvalue weighted by Gasteiger charge is -2.15. The maximum Gasteiger partial charge on any atom is 0.127 e. The standard InChI is InChI=1S/C35H36N2O/c1-5-32(21-27-13-9-7-10-14-27)37-35(6-2)29(25-36-4)18-17-26(3)30-22-28-19-20-34(24-31(28)23-30)38-33-15-11-8-12-16-33/h5-16,19-20,24-25,30H,2-4,17-18,21-23H2,1H3/b29-25+,32-5-,37-35-. The van der Waals surface area contributed by atoms with Gasteiger partial charge in [0, 0.05) is 18.3 Å². The van der Waals surface area contributed by atoms with Gasteiger partial charge in [0.1, 0.15) is 11.5 Å². The van der Waals surface area contributed by atoms with Gasteiger partial charge in [-0.2, -0.15) is 0 Å². The highest BCUT2D eigenvalue weighted by atomic mass is 16.5. The van der Waals surface area contributed by atoms with Gasteiger partial charge in [0.15, 0.2) is 0 Å². The first-order valence-corrected chi connectivity index (χ1v) is 13.2. The predicted molar refractivity (Wildman–Crippen MR) is 161 cm³/mol. The minimum absolute atomic E-state index is 0.420. The van der Waals surface area contributed by atoms with Crippen LogP contribution in [0.1, 0.15) is 36.5 Å². The molecule has 1 aliphatic rings. The highest BCUT2D eigenvalue weighted by Gasteiger charge is 2.24. The monoisotopic (exact) mass is 500 g/mol. The molecule has 1 atom stereocenters. The molecule has 0 aromatic heterocycles. The summed E-state index contributed by atoms with van der Waals surface area (Å²) in [7, 11) is 0. The van der Waals surface area contributed by atoms with Crippen molar-refractivity contribution in [2.24, 2.45) is 15.9 Å². The quantitative estimate of drug-likeness (QED) is 0.181. The zero-order valence-corrected chi connectivity index (χ0v) is 22.3. The number of aliphatic imine (C=N–C) groups is 2. The molecule has 4 rings (SSSR count). The van der Waals surface area contributed by atoms with E-state index in [1.54, 1.807) is 6.20 Å². The summed E-state index contributed by atoms with van der Waals surface area (Å²) in [4.78, 5) is 9.01. The highest BCUT2D eigenvalue weighted by molar-refractivity contribution is 6.08. The third kappa shape index (κ3) is 7.17. The molecule has 1 unspecified atom stereocenters. The van der Waals surface area contributed by atoms with E-state index in [1.807, 2.05) is 49.4 Å². The number of allylic oxidation sites excluding steroid dienone is 5. The van der Waals surface area contributed by atoms with Gasteiger partial charge in [-0.05, 0) is 97.8 Å². The summed E-state index contributed by atoms with van der Waals surface area (Å²) in [6, 6.07) is 26.7. The molecule has 38 heavy (non-hydrogen) atoms. The molecule has 0 saturated heterocycles. The first kappa shape index (κ1) is 26.8. The Morgan fingerprint density at radius 1 is 0.921 bits per heavy atom. The van der Waals surface area contributed by atoms with Gasteiger partial charge < -0.3 is 4.74 Å². The number of hydrogen-bond acceptors (Lipinski definition) is 3. The second-order valence-electron chi connectivity index (χ2n) is 9.59. The summed E-state index contributed by atoms with van der Waals surface area (Å²) < 4.78 is 6.05. The third-order valence-corrected chi connectivity index (χ3v) is 6.98. The van der Waals surface area contributed by atoms with E-state index in [9.17, 15) is 0 Å². The van der Waals surface area contributed by atoms with E-state index in [1.165, 1.54) is 22.3 Å². The zero-order valence-electron chi connectivity index (χ0n) is 22.3. The molecule has 0 spiro atoms. The fourth-order valence-electron chi connectivity index (χ4n) is 4.85. The molecule has 3 heteroatoms. The molecule has 3 aromatic carbocycles. The van der Waals surface area contributed by atoms with Crippen LogP contribution in [0, 0.1) is 5.92 Å². The van der Waals surface area contributed by atoms with Crippen molar-refractivity contribution in [3.63, 3.8) is 0 Å². The molecular weight excluding hydrogens is 464 g/mol. The Labute approximate surface area is 227 Å². The van der Waals surface area contributed by atoms with Crippen LogP contribution in [-0.2, 0) is 19.3 Å². The van der Waals surface area contributed by atoms with E-state index in [2.05, 4.69) is 73.4 Å².